The van der Waals surface area contributed by atoms with E-state index < -0.39 is 22.0 Å². The zero-order chi connectivity index (χ0) is 18.9. The van der Waals surface area contributed by atoms with Gasteiger partial charge in [0.2, 0.25) is 15.9 Å². The molecule has 0 aromatic heterocycles. The minimum absolute atomic E-state index is 0.0690. The van der Waals surface area contributed by atoms with E-state index in [1.54, 1.807) is 13.0 Å². The summed E-state index contributed by atoms with van der Waals surface area (Å²) >= 11 is 0. The van der Waals surface area contributed by atoms with Crippen molar-refractivity contribution >= 4 is 21.6 Å². The average molecular weight is 373 g/mol. The molecule has 1 unspecified atom stereocenters. The molecule has 0 bridgehead atoms. The maximum atomic E-state index is 13.4. The summed E-state index contributed by atoms with van der Waals surface area (Å²) in [5.41, 5.74) is 1.16. The molecular formula is C18H16FN3O3S. The molecule has 2 aromatic rings. The number of hydrogen-bond donors (Lipinski definition) is 1. The van der Waals surface area contributed by atoms with E-state index in [9.17, 15) is 17.6 Å². The third-order valence-electron chi connectivity index (χ3n) is 4.23. The molecule has 1 heterocycles. The third-order valence-corrected chi connectivity index (χ3v) is 5.70. The highest BCUT2D eigenvalue weighted by Gasteiger charge is 2.35. The molecule has 1 atom stereocenters. The van der Waals surface area contributed by atoms with Crippen molar-refractivity contribution in [2.75, 3.05) is 11.4 Å². The monoisotopic (exact) mass is 373 g/mol. The summed E-state index contributed by atoms with van der Waals surface area (Å²) in [7, 11) is -3.94. The molecule has 1 amide bonds. The number of nitrogens with zero attached hydrogens (tertiary/aromatic N) is 2. The number of sulfonamides is 1. The first-order valence-corrected chi connectivity index (χ1v) is 9.40. The summed E-state index contributed by atoms with van der Waals surface area (Å²) in [6, 6.07) is 10.9. The van der Waals surface area contributed by atoms with Gasteiger partial charge in [-0.3, -0.25) is 4.79 Å². The zero-order valence-electron chi connectivity index (χ0n) is 13.9. The smallest absolute Gasteiger partial charge is 0.245 e. The Bertz CT molecular complexity index is 1010. The predicted octanol–water partition coefficient (Wildman–Crippen LogP) is 2.09. The second kappa shape index (κ2) is 6.86. The first kappa shape index (κ1) is 18.0. The normalized spacial score (nSPS) is 17.3. The SMILES string of the molecule is Cc1cc(N2CCC(NS(=O)(=O)c3cccc(C#N)c3)C2=O)ccc1F. The van der Waals surface area contributed by atoms with Gasteiger partial charge in [-0.2, -0.15) is 9.98 Å². The summed E-state index contributed by atoms with van der Waals surface area (Å²) in [5, 5.41) is 8.90. The Morgan fingerprint density at radius 2 is 2.04 bits per heavy atom. The standard InChI is InChI=1S/C18H16FN3O3S/c1-12-9-14(5-6-16(12)19)22-8-7-17(18(22)23)21-26(24,25)15-4-2-3-13(10-15)11-20/h2-6,9-10,17,21H,7-8H2,1H3. The number of carbonyl (C=O) groups excluding carboxylic acids is 1. The number of amides is 1. The lowest BCUT2D eigenvalue weighted by Gasteiger charge is -2.18. The number of benzene rings is 2. The van der Waals surface area contributed by atoms with E-state index in [1.165, 1.54) is 41.3 Å². The molecule has 134 valence electrons. The van der Waals surface area contributed by atoms with Crippen LogP contribution in [-0.2, 0) is 14.8 Å². The predicted molar refractivity (Wildman–Crippen MR) is 93.4 cm³/mol. The van der Waals surface area contributed by atoms with Crippen molar-refractivity contribution in [3.63, 3.8) is 0 Å². The van der Waals surface area contributed by atoms with E-state index in [2.05, 4.69) is 4.72 Å². The van der Waals surface area contributed by atoms with Gasteiger partial charge in [-0.05, 0) is 55.3 Å². The molecule has 0 saturated carbocycles. The molecule has 26 heavy (non-hydrogen) atoms. The van der Waals surface area contributed by atoms with Gasteiger partial charge in [-0.15, -0.1) is 0 Å². The second-order valence-corrected chi connectivity index (χ2v) is 7.74. The summed E-state index contributed by atoms with van der Waals surface area (Å²) in [5.74, 6) is -0.758. The van der Waals surface area contributed by atoms with Gasteiger partial charge in [0.1, 0.15) is 11.9 Å². The number of hydrogen-bond acceptors (Lipinski definition) is 4. The van der Waals surface area contributed by atoms with Crippen molar-refractivity contribution in [3.8, 4) is 6.07 Å². The third kappa shape index (κ3) is 3.45. The summed E-state index contributed by atoms with van der Waals surface area (Å²) in [6.07, 6.45) is 0.298. The lowest BCUT2D eigenvalue weighted by atomic mass is 10.2. The summed E-state index contributed by atoms with van der Waals surface area (Å²) in [4.78, 5) is 14.0. The maximum absolute atomic E-state index is 13.4. The number of aryl methyl sites for hydroxylation is 1. The topological polar surface area (TPSA) is 90.3 Å². The van der Waals surface area contributed by atoms with Crippen LogP contribution in [-0.4, -0.2) is 26.9 Å². The van der Waals surface area contributed by atoms with Crippen LogP contribution < -0.4 is 9.62 Å². The van der Waals surface area contributed by atoms with Gasteiger partial charge >= 0.3 is 0 Å². The summed E-state index contributed by atoms with van der Waals surface area (Å²) in [6.45, 7) is 1.93. The van der Waals surface area contributed by atoms with Crippen molar-refractivity contribution in [3.05, 3.63) is 59.4 Å². The molecule has 2 aromatic carbocycles. The number of carbonyl (C=O) groups is 1. The van der Waals surface area contributed by atoms with Crippen LogP contribution in [0.15, 0.2) is 47.4 Å². The van der Waals surface area contributed by atoms with Gasteiger partial charge in [0.15, 0.2) is 0 Å². The fourth-order valence-corrected chi connectivity index (χ4v) is 4.10. The number of nitriles is 1. The van der Waals surface area contributed by atoms with Crippen LogP contribution in [0.2, 0.25) is 0 Å². The van der Waals surface area contributed by atoms with Crippen LogP contribution in [0, 0.1) is 24.1 Å². The Kier molecular flexibility index (Phi) is 4.76. The van der Waals surface area contributed by atoms with Crippen LogP contribution in [0.5, 0.6) is 0 Å². The van der Waals surface area contributed by atoms with Crippen molar-refractivity contribution in [1.82, 2.24) is 4.72 Å². The van der Waals surface area contributed by atoms with E-state index in [4.69, 9.17) is 5.26 Å². The molecule has 1 saturated heterocycles. The van der Waals surface area contributed by atoms with Gasteiger partial charge in [-0.1, -0.05) is 6.07 Å². The van der Waals surface area contributed by atoms with Crippen LogP contribution in [0.25, 0.3) is 0 Å². The second-order valence-electron chi connectivity index (χ2n) is 6.03. The lowest BCUT2D eigenvalue weighted by Crippen LogP contribution is -2.41. The van der Waals surface area contributed by atoms with E-state index in [-0.39, 0.29) is 16.3 Å². The Labute approximate surface area is 150 Å². The first-order chi connectivity index (χ1) is 12.3. The maximum Gasteiger partial charge on any atom is 0.245 e. The van der Waals surface area contributed by atoms with E-state index >= 15 is 0 Å². The number of rotatable bonds is 4. The van der Waals surface area contributed by atoms with Gasteiger partial charge in [0, 0.05) is 12.2 Å². The van der Waals surface area contributed by atoms with Gasteiger partial charge in [0.05, 0.1) is 16.5 Å². The Morgan fingerprint density at radius 3 is 2.73 bits per heavy atom. The highest BCUT2D eigenvalue weighted by molar-refractivity contribution is 7.89. The molecule has 3 rings (SSSR count). The van der Waals surface area contributed by atoms with Crippen molar-refractivity contribution < 1.29 is 17.6 Å². The van der Waals surface area contributed by atoms with Crippen molar-refractivity contribution in [2.45, 2.75) is 24.3 Å². The minimum atomic E-state index is -3.94. The molecule has 1 N–H and O–H groups in total. The van der Waals surface area contributed by atoms with Crippen molar-refractivity contribution in [2.24, 2.45) is 0 Å². The van der Waals surface area contributed by atoms with E-state index in [0.29, 0.717) is 24.2 Å². The van der Waals surface area contributed by atoms with Crippen molar-refractivity contribution in [1.29, 1.82) is 5.26 Å². The Morgan fingerprint density at radius 1 is 1.27 bits per heavy atom. The number of halogens is 1. The molecule has 8 heteroatoms. The lowest BCUT2D eigenvalue weighted by molar-refractivity contribution is -0.118. The molecule has 0 radical (unpaired) electrons. The molecule has 1 aliphatic heterocycles. The van der Waals surface area contributed by atoms with E-state index in [0.717, 1.165) is 0 Å². The molecule has 1 fully saturated rings. The van der Waals surface area contributed by atoms with E-state index in [1.807, 2.05) is 6.07 Å². The van der Waals surface area contributed by atoms with Crippen LogP contribution in [0.4, 0.5) is 10.1 Å². The molecule has 0 spiro atoms. The van der Waals surface area contributed by atoms with Gasteiger partial charge < -0.3 is 4.90 Å². The minimum Gasteiger partial charge on any atom is -0.311 e. The highest BCUT2D eigenvalue weighted by atomic mass is 32.2. The van der Waals surface area contributed by atoms with Crippen LogP contribution in [0.3, 0.4) is 0 Å². The largest absolute Gasteiger partial charge is 0.311 e. The van der Waals surface area contributed by atoms with Crippen LogP contribution >= 0.6 is 0 Å². The fraction of sp³-hybridized carbons (Fsp3) is 0.222. The number of nitrogens with one attached hydrogen (secondary N) is 1. The highest BCUT2D eigenvalue weighted by Crippen LogP contribution is 2.24. The zero-order valence-corrected chi connectivity index (χ0v) is 14.8. The molecule has 0 aliphatic carbocycles. The summed E-state index contributed by atoms with van der Waals surface area (Å²) < 4.78 is 40.8. The first-order valence-electron chi connectivity index (χ1n) is 7.92. The average Bonchev–Trinajstić information content (AvgIpc) is 2.97. The molecular weight excluding hydrogens is 357 g/mol. The fourth-order valence-electron chi connectivity index (χ4n) is 2.83. The Hall–Kier alpha value is -2.76. The molecule has 6 nitrogen and oxygen atoms in total. The van der Waals surface area contributed by atoms with Gasteiger partial charge in [0.25, 0.3) is 0 Å². The Balaban J connectivity index is 1.80. The van der Waals surface area contributed by atoms with Crippen LogP contribution in [0.1, 0.15) is 17.5 Å². The number of anilines is 1. The quantitative estimate of drug-likeness (QED) is 0.889. The molecule has 1 aliphatic rings. The van der Waals surface area contributed by atoms with Gasteiger partial charge in [-0.25, -0.2) is 12.8 Å².